The van der Waals surface area contributed by atoms with E-state index in [4.69, 9.17) is 23.2 Å². The minimum atomic E-state index is -0.618. The summed E-state index contributed by atoms with van der Waals surface area (Å²) in [4.78, 5) is 30.2. The van der Waals surface area contributed by atoms with Gasteiger partial charge in [-0.15, -0.1) is 0 Å². The third-order valence-electron chi connectivity index (χ3n) is 5.32. The van der Waals surface area contributed by atoms with Gasteiger partial charge in [0.2, 0.25) is 5.91 Å². The number of rotatable bonds is 5. The molecule has 1 heterocycles. The summed E-state index contributed by atoms with van der Waals surface area (Å²) >= 11 is 12.1. The molecule has 1 N–H and O–H groups in total. The maximum atomic E-state index is 13.3. The van der Waals surface area contributed by atoms with Crippen molar-refractivity contribution in [2.75, 3.05) is 31.1 Å². The smallest absolute Gasteiger partial charge is 0.253 e. The first-order valence-corrected chi connectivity index (χ1v) is 11.0. The van der Waals surface area contributed by atoms with Crippen molar-refractivity contribution in [1.82, 2.24) is 10.2 Å². The van der Waals surface area contributed by atoms with E-state index in [9.17, 15) is 9.59 Å². The minimum absolute atomic E-state index is 0.0546. The van der Waals surface area contributed by atoms with Gasteiger partial charge in [0.05, 0.1) is 10.6 Å². The molecule has 0 saturated carbocycles. The standard InChI is InChI=1S/C23H27Cl2N3O2/c1-16(2)21(26-22(29)19-10-9-17(24)15-20(19)25)23(30)28-12-6-11-27(13-14-28)18-7-4-3-5-8-18/h3-5,7-10,15-16,21H,6,11-14H2,1-2H3,(H,26,29). The second-order valence-corrected chi connectivity index (χ2v) is 8.66. The van der Waals surface area contributed by atoms with Crippen LogP contribution in [0.15, 0.2) is 48.5 Å². The van der Waals surface area contributed by atoms with Crippen molar-refractivity contribution in [3.63, 3.8) is 0 Å². The summed E-state index contributed by atoms with van der Waals surface area (Å²) in [6, 6.07) is 14.3. The Morgan fingerprint density at radius 2 is 1.70 bits per heavy atom. The van der Waals surface area contributed by atoms with Gasteiger partial charge in [0, 0.05) is 36.9 Å². The number of benzene rings is 2. The largest absolute Gasteiger partial charge is 0.370 e. The fourth-order valence-electron chi connectivity index (χ4n) is 3.64. The van der Waals surface area contributed by atoms with Crippen LogP contribution < -0.4 is 10.2 Å². The van der Waals surface area contributed by atoms with Crippen LogP contribution in [0.25, 0.3) is 0 Å². The molecule has 160 valence electrons. The molecule has 1 fully saturated rings. The predicted molar refractivity (Wildman–Crippen MR) is 122 cm³/mol. The van der Waals surface area contributed by atoms with Crippen molar-refractivity contribution >= 4 is 40.7 Å². The number of hydrogen-bond acceptors (Lipinski definition) is 3. The third kappa shape index (κ3) is 5.46. The number of carbonyl (C=O) groups is 2. The second-order valence-electron chi connectivity index (χ2n) is 7.82. The molecule has 0 aliphatic carbocycles. The number of nitrogens with one attached hydrogen (secondary N) is 1. The highest BCUT2D eigenvalue weighted by atomic mass is 35.5. The molecule has 5 nitrogen and oxygen atoms in total. The van der Waals surface area contributed by atoms with Crippen LogP contribution in [-0.4, -0.2) is 48.9 Å². The van der Waals surface area contributed by atoms with Gasteiger partial charge in [-0.1, -0.05) is 55.2 Å². The van der Waals surface area contributed by atoms with Crippen LogP contribution in [0, 0.1) is 5.92 Å². The number of amides is 2. The van der Waals surface area contributed by atoms with Crippen LogP contribution in [0.3, 0.4) is 0 Å². The van der Waals surface area contributed by atoms with Crippen molar-refractivity contribution in [3.05, 3.63) is 64.1 Å². The van der Waals surface area contributed by atoms with Crippen LogP contribution in [0.4, 0.5) is 5.69 Å². The molecular formula is C23H27Cl2N3O2. The van der Waals surface area contributed by atoms with Gasteiger partial charge >= 0.3 is 0 Å². The monoisotopic (exact) mass is 447 g/mol. The lowest BCUT2D eigenvalue weighted by Crippen LogP contribution is -2.52. The van der Waals surface area contributed by atoms with E-state index >= 15 is 0 Å². The Morgan fingerprint density at radius 3 is 2.37 bits per heavy atom. The van der Waals surface area contributed by atoms with Gasteiger partial charge in [-0.3, -0.25) is 9.59 Å². The van der Waals surface area contributed by atoms with Crippen LogP contribution in [0.2, 0.25) is 10.0 Å². The normalized spacial score (nSPS) is 15.6. The van der Waals surface area contributed by atoms with Gasteiger partial charge in [-0.2, -0.15) is 0 Å². The summed E-state index contributed by atoms with van der Waals surface area (Å²) in [7, 11) is 0. The summed E-state index contributed by atoms with van der Waals surface area (Å²) < 4.78 is 0. The zero-order valence-corrected chi connectivity index (χ0v) is 18.8. The van der Waals surface area contributed by atoms with Gasteiger partial charge in [0.25, 0.3) is 5.91 Å². The first kappa shape index (κ1) is 22.4. The number of halogens is 2. The Kier molecular flexibility index (Phi) is 7.62. The van der Waals surface area contributed by atoms with E-state index in [2.05, 4.69) is 22.3 Å². The summed E-state index contributed by atoms with van der Waals surface area (Å²) in [6.07, 6.45) is 0.877. The Hall–Kier alpha value is -2.24. The topological polar surface area (TPSA) is 52.7 Å². The molecule has 3 rings (SSSR count). The van der Waals surface area contributed by atoms with Crippen molar-refractivity contribution < 1.29 is 9.59 Å². The Labute approximate surface area is 187 Å². The van der Waals surface area contributed by atoms with Crippen molar-refractivity contribution in [3.8, 4) is 0 Å². The average Bonchev–Trinajstić information content (AvgIpc) is 2.98. The SMILES string of the molecule is CC(C)C(NC(=O)c1ccc(Cl)cc1Cl)C(=O)N1CCCN(c2ccccc2)CC1. The summed E-state index contributed by atoms with van der Waals surface area (Å²) in [5, 5.41) is 3.61. The Balaban J connectivity index is 1.68. The molecule has 1 atom stereocenters. The van der Waals surface area contributed by atoms with E-state index in [0.29, 0.717) is 23.7 Å². The fraction of sp³-hybridized carbons (Fsp3) is 0.391. The molecule has 2 amide bonds. The highest BCUT2D eigenvalue weighted by Crippen LogP contribution is 2.22. The van der Waals surface area contributed by atoms with Gasteiger partial charge in [-0.25, -0.2) is 0 Å². The van der Waals surface area contributed by atoms with Gasteiger partial charge in [0.15, 0.2) is 0 Å². The van der Waals surface area contributed by atoms with Crippen LogP contribution in [0.5, 0.6) is 0 Å². The van der Waals surface area contributed by atoms with Crippen LogP contribution in [-0.2, 0) is 4.79 Å². The molecule has 0 spiro atoms. The quantitative estimate of drug-likeness (QED) is 0.734. The number of carbonyl (C=O) groups excluding carboxylic acids is 2. The van der Waals surface area contributed by atoms with E-state index in [0.717, 1.165) is 25.2 Å². The molecule has 0 bridgehead atoms. The van der Waals surface area contributed by atoms with E-state index < -0.39 is 6.04 Å². The lowest BCUT2D eigenvalue weighted by Gasteiger charge is -2.29. The maximum Gasteiger partial charge on any atom is 0.253 e. The molecule has 1 aliphatic rings. The fourth-order valence-corrected chi connectivity index (χ4v) is 4.13. The molecule has 1 saturated heterocycles. The van der Waals surface area contributed by atoms with Crippen LogP contribution in [0.1, 0.15) is 30.6 Å². The molecule has 0 radical (unpaired) electrons. The maximum absolute atomic E-state index is 13.3. The molecule has 7 heteroatoms. The van der Waals surface area contributed by atoms with Gasteiger partial charge in [-0.05, 0) is 42.7 Å². The summed E-state index contributed by atoms with van der Waals surface area (Å²) in [5.74, 6) is -0.483. The van der Waals surface area contributed by atoms with E-state index in [-0.39, 0.29) is 22.8 Å². The minimum Gasteiger partial charge on any atom is -0.370 e. The summed E-state index contributed by atoms with van der Waals surface area (Å²) in [5.41, 5.74) is 1.48. The highest BCUT2D eigenvalue weighted by molar-refractivity contribution is 6.36. The lowest BCUT2D eigenvalue weighted by molar-refractivity contribution is -0.134. The van der Waals surface area contributed by atoms with E-state index in [1.54, 1.807) is 12.1 Å². The van der Waals surface area contributed by atoms with Crippen molar-refractivity contribution in [2.24, 2.45) is 5.92 Å². The first-order chi connectivity index (χ1) is 14.4. The number of nitrogens with zero attached hydrogens (tertiary/aromatic N) is 2. The Bertz CT molecular complexity index is 889. The third-order valence-corrected chi connectivity index (χ3v) is 5.87. The van der Waals surface area contributed by atoms with Crippen molar-refractivity contribution in [1.29, 1.82) is 0 Å². The molecule has 30 heavy (non-hydrogen) atoms. The molecule has 0 aromatic heterocycles. The van der Waals surface area contributed by atoms with Gasteiger partial charge in [0.1, 0.15) is 6.04 Å². The van der Waals surface area contributed by atoms with E-state index in [1.807, 2.05) is 36.9 Å². The van der Waals surface area contributed by atoms with Gasteiger partial charge < -0.3 is 15.1 Å². The first-order valence-electron chi connectivity index (χ1n) is 10.2. The number of hydrogen-bond donors (Lipinski definition) is 1. The molecular weight excluding hydrogens is 421 g/mol. The lowest BCUT2D eigenvalue weighted by atomic mass is 10.0. The molecule has 2 aromatic carbocycles. The zero-order valence-electron chi connectivity index (χ0n) is 17.3. The highest BCUT2D eigenvalue weighted by Gasteiger charge is 2.30. The average molecular weight is 448 g/mol. The van der Waals surface area contributed by atoms with Crippen LogP contribution >= 0.6 is 23.2 Å². The molecule has 1 unspecified atom stereocenters. The molecule has 1 aliphatic heterocycles. The number of anilines is 1. The number of para-hydroxylation sites is 1. The second kappa shape index (κ2) is 10.2. The zero-order chi connectivity index (χ0) is 21.7. The Morgan fingerprint density at radius 1 is 0.967 bits per heavy atom. The summed E-state index contributed by atoms with van der Waals surface area (Å²) in [6.45, 7) is 6.81. The van der Waals surface area contributed by atoms with Crippen molar-refractivity contribution in [2.45, 2.75) is 26.3 Å². The molecule has 2 aromatic rings. The predicted octanol–water partition coefficient (Wildman–Crippen LogP) is 4.49. The van der Waals surface area contributed by atoms with E-state index in [1.165, 1.54) is 6.07 Å².